The van der Waals surface area contributed by atoms with Gasteiger partial charge in [0.15, 0.2) is 0 Å². The fourth-order valence-electron chi connectivity index (χ4n) is 1.56. The van der Waals surface area contributed by atoms with E-state index < -0.39 is 5.97 Å². The van der Waals surface area contributed by atoms with Crippen LogP contribution >= 0.6 is 27.3 Å². The average Bonchev–Trinajstić information content (AvgIpc) is 2.84. The molecule has 6 heteroatoms. The van der Waals surface area contributed by atoms with Crippen molar-refractivity contribution in [2.45, 2.75) is 13.0 Å². The summed E-state index contributed by atoms with van der Waals surface area (Å²) in [6.07, 6.45) is 1.73. The molecule has 1 atom stereocenters. The predicted molar refractivity (Wildman–Crippen MR) is 75.3 cm³/mol. The zero-order chi connectivity index (χ0) is 13.1. The molecular formula is C12H11BrN2O2S. The van der Waals surface area contributed by atoms with E-state index in [1.165, 1.54) is 11.3 Å². The van der Waals surface area contributed by atoms with Crippen LogP contribution in [-0.4, -0.2) is 16.1 Å². The number of nitrogens with one attached hydrogen (secondary N) is 1. The Morgan fingerprint density at radius 2 is 2.33 bits per heavy atom. The molecule has 2 rings (SSSR count). The maximum Gasteiger partial charge on any atom is 0.337 e. The van der Waals surface area contributed by atoms with Crippen molar-refractivity contribution in [3.05, 3.63) is 44.8 Å². The van der Waals surface area contributed by atoms with E-state index in [1.54, 1.807) is 18.3 Å². The third kappa shape index (κ3) is 2.88. The van der Waals surface area contributed by atoms with Crippen molar-refractivity contribution in [2.24, 2.45) is 0 Å². The Labute approximate surface area is 117 Å². The first-order chi connectivity index (χ1) is 8.58. The molecule has 0 fully saturated rings. The third-order valence-electron chi connectivity index (χ3n) is 2.41. The van der Waals surface area contributed by atoms with Gasteiger partial charge >= 0.3 is 5.97 Å². The van der Waals surface area contributed by atoms with Gasteiger partial charge in [-0.1, -0.05) is 15.9 Å². The van der Waals surface area contributed by atoms with Crippen LogP contribution in [-0.2, 0) is 0 Å². The van der Waals surface area contributed by atoms with Crippen LogP contribution in [0.25, 0.3) is 0 Å². The molecule has 1 unspecified atom stereocenters. The van der Waals surface area contributed by atoms with Crippen molar-refractivity contribution in [2.75, 3.05) is 5.32 Å². The van der Waals surface area contributed by atoms with Crippen LogP contribution in [0.1, 0.15) is 28.3 Å². The van der Waals surface area contributed by atoms with Crippen molar-refractivity contribution in [3.63, 3.8) is 0 Å². The first-order valence-electron chi connectivity index (χ1n) is 5.26. The van der Waals surface area contributed by atoms with Crippen molar-refractivity contribution in [1.29, 1.82) is 0 Å². The van der Waals surface area contributed by atoms with Gasteiger partial charge in [0.25, 0.3) is 0 Å². The second-order valence-electron chi connectivity index (χ2n) is 3.73. The van der Waals surface area contributed by atoms with Crippen LogP contribution in [0.15, 0.2) is 34.2 Å². The van der Waals surface area contributed by atoms with Gasteiger partial charge in [-0.05, 0) is 25.1 Å². The van der Waals surface area contributed by atoms with E-state index in [-0.39, 0.29) is 11.6 Å². The number of anilines is 1. The molecule has 0 amide bonds. The number of aromatic carboxylic acids is 1. The van der Waals surface area contributed by atoms with E-state index in [4.69, 9.17) is 5.11 Å². The molecule has 1 aromatic heterocycles. The predicted octanol–water partition coefficient (Wildman–Crippen LogP) is 3.78. The molecule has 0 aliphatic heterocycles. The van der Waals surface area contributed by atoms with E-state index in [2.05, 4.69) is 26.2 Å². The summed E-state index contributed by atoms with van der Waals surface area (Å²) in [6, 6.07) is 5.12. The second-order valence-corrected chi connectivity index (χ2v) is 5.57. The lowest BCUT2D eigenvalue weighted by Crippen LogP contribution is -2.10. The summed E-state index contributed by atoms with van der Waals surface area (Å²) >= 11 is 4.81. The maximum absolute atomic E-state index is 11.2. The lowest BCUT2D eigenvalue weighted by atomic mass is 10.1. The van der Waals surface area contributed by atoms with Gasteiger partial charge in [-0.3, -0.25) is 0 Å². The Balaban J connectivity index is 2.26. The Kier molecular flexibility index (Phi) is 3.98. The summed E-state index contributed by atoms with van der Waals surface area (Å²) in [4.78, 5) is 15.4. The topological polar surface area (TPSA) is 62.2 Å². The molecule has 1 heterocycles. The van der Waals surface area contributed by atoms with Crippen LogP contribution in [0.5, 0.6) is 0 Å². The van der Waals surface area contributed by atoms with Gasteiger partial charge in [-0.2, -0.15) is 0 Å². The zero-order valence-corrected chi connectivity index (χ0v) is 12.0. The van der Waals surface area contributed by atoms with E-state index >= 15 is 0 Å². The largest absolute Gasteiger partial charge is 0.478 e. The highest BCUT2D eigenvalue weighted by Crippen LogP contribution is 2.26. The number of carboxylic acids is 1. The number of nitrogens with zero attached hydrogens (tertiary/aromatic N) is 1. The fourth-order valence-corrected chi connectivity index (χ4v) is 2.57. The van der Waals surface area contributed by atoms with Crippen LogP contribution in [0, 0.1) is 0 Å². The van der Waals surface area contributed by atoms with Gasteiger partial charge < -0.3 is 10.4 Å². The van der Waals surface area contributed by atoms with Crippen LogP contribution in [0.4, 0.5) is 5.69 Å². The molecular weight excluding hydrogens is 316 g/mol. The number of carboxylic acid groups (broad SMARTS) is 1. The Morgan fingerprint density at radius 3 is 2.94 bits per heavy atom. The quantitative estimate of drug-likeness (QED) is 0.897. The highest BCUT2D eigenvalue weighted by molar-refractivity contribution is 9.10. The lowest BCUT2D eigenvalue weighted by molar-refractivity contribution is 0.0698. The number of benzene rings is 1. The van der Waals surface area contributed by atoms with Gasteiger partial charge in [0.05, 0.1) is 11.6 Å². The molecule has 1 aromatic carbocycles. The molecule has 0 saturated carbocycles. The molecule has 94 valence electrons. The minimum Gasteiger partial charge on any atom is -0.478 e. The SMILES string of the molecule is CC(Nc1ccc(Br)cc1C(=O)O)c1nccs1. The van der Waals surface area contributed by atoms with E-state index in [0.717, 1.165) is 9.48 Å². The van der Waals surface area contributed by atoms with E-state index in [0.29, 0.717) is 5.69 Å². The number of carbonyl (C=O) groups is 1. The molecule has 0 aliphatic carbocycles. The normalized spacial score (nSPS) is 12.1. The molecule has 2 N–H and O–H groups in total. The Hall–Kier alpha value is -1.40. The Bertz CT molecular complexity index is 557. The zero-order valence-electron chi connectivity index (χ0n) is 9.55. The number of hydrogen-bond donors (Lipinski definition) is 2. The average molecular weight is 327 g/mol. The molecule has 18 heavy (non-hydrogen) atoms. The summed E-state index contributed by atoms with van der Waals surface area (Å²) in [7, 11) is 0. The summed E-state index contributed by atoms with van der Waals surface area (Å²) in [5.74, 6) is -0.954. The number of hydrogen-bond acceptors (Lipinski definition) is 4. The highest BCUT2D eigenvalue weighted by atomic mass is 79.9. The molecule has 0 radical (unpaired) electrons. The minimum absolute atomic E-state index is 0.0238. The van der Waals surface area contributed by atoms with Gasteiger partial charge in [0, 0.05) is 21.7 Å². The van der Waals surface area contributed by atoms with E-state index in [9.17, 15) is 4.79 Å². The van der Waals surface area contributed by atoms with Crippen molar-refractivity contribution >= 4 is 38.9 Å². The summed E-state index contributed by atoms with van der Waals surface area (Å²) in [5.41, 5.74) is 0.834. The number of aromatic nitrogens is 1. The summed E-state index contributed by atoms with van der Waals surface area (Å²) < 4.78 is 0.743. The second kappa shape index (κ2) is 5.49. The monoisotopic (exact) mass is 326 g/mol. The summed E-state index contributed by atoms with van der Waals surface area (Å²) in [5, 5.41) is 15.1. The van der Waals surface area contributed by atoms with Gasteiger partial charge in [0.1, 0.15) is 5.01 Å². The van der Waals surface area contributed by atoms with Crippen molar-refractivity contribution < 1.29 is 9.90 Å². The highest BCUT2D eigenvalue weighted by Gasteiger charge is 2.14. The molecule has 2 aromatic rings. The van der Waals surface area contributed by atoms with Crippen LogP contribution in [0.2, 0.25) is 0 Å². The van der Waals surface area contributed by atoms with Gasteiger partial charge in [0.2, 0.25) is 0 Å². The third-order valence-corrected chi connectivity index (χ3v) is 3.86. The standard InChI is InChI=1S/C12H11BrN2O2S/c1-7(11-14-4-5-18-11)15-10-3-2-8(13)6-9(10)12(16)17/h2-7,15H,1H3,(H,16,17). The molecule has 0 saturated heterocycles. The smallest absolute Gasteiger partial charge is 0.337 e. The number of halogens is 1. The van der Waals surface area contributed by atoms with Gasteiger partial charge in [-0.15, -0.1) is 11.3 Å². The Morgan fingerprint density at radius 1 is 1.56 bits per heavy atom. The lowest BCUT2D eigenvalue weighted by Gasteiger charge is -2.15. The molecule has 4 nitrogen and oxygen atoms in total. The first kappa shape index (κ1) is 13.0. The molecule has 0 aliphatic rings. The van der Waals surface area contributed by atoms with E-state index in [1.807, 2.05) is 18.4 Å². The number of thiazole rings is 1. The molecule has 0 spiro atoms. The van der Waals surface area contributed by atoms with Crippen molar-refractivity contribution in [1.82, 2.24) is 4.98 Å². The van der Waals surface area contributed by atoms with Crippen LogP contribution < -0.4 is 5.32 Å². The number of rotatable bonds is 4. The maximum atomic E-state index is 11.2. The minimum atomic E-state index is -0.954. The summed E-state index contributed by atoms with van der Waals surface area (Å²) in [6.45, 7) is 1.95. The van der Waals surface area contributed by atoms with Gasteiger partial charge in [-0.25, -0.2) is 9.78 Å². The first-order valence-corrected chi connectivity index (χ1v) is 6.94. The molecule has 0 bridgehead atoms. The van der Waals surface area contributed by atoms with Crippen LogP contribution in [0.3, 0.4) is 0 Å². The van der Waals surface area contributed by atoms with Crippen molar-refractivity contribution in [3.8, 4) is 0 Å². The fraction of sp³-hybridized carbons (Fsp3) is 0.167.